The van der Waals surface area contributed by atoms with Crippen LogP contribution in [0.3, 0.4) is 0 Å². The maximum atomic E-state index is 10.3. The summed E-state index contributed by atoms with van der Waals surface area (Å²) in [5.41, 5.74) is 21.5. The highest BCUT2D eigenvalue weighted by atomic mass is 31.1. The third-order valence-corrected chi connectivity index (χ3v) is 27.6. The molecule has 10 rings (SSSR count). The molecule has 5 N–H and O–H groups in total. The van der Waals surface area contributed by atoms with Crippen LogP contribution >= 0.6 is 42.9 Å². The molecule has 0 aliphatic carbocycles. The number of benzene rings is 10. The van der Waals surface area contributed by atoms with Crippen molar-refractivity contribution in [1.82, 2.24) is 0 Å². The zero-order valence-electron chi connectivity index (χ0n) is 81.3. The molecule has 0 bridgehead atoms. The van der Waals surface area contributed by atoms with Gasteiger partial charge < -0.3 is 72.9 Å². The number of aliphatic hydroxyl groups is 5. The number of aliphatic hydroxyl groups excluding tert-OH is 5. The van der Waals surface area contributed by atoms with E-state index in [1.165, 1.54) is 38.9 Å². The van der Waals surface area contributed by atoms with Gasteiger partial charge in [0.1, 0.15) is 28.7 Å². The summed E-state index contributed by atoms with van der Waals surface area (Å²) in [6.45, 7) is 57.5. The van der Waals surface area contributed by atoms with Crippen molar-refractivity contribution in [2.24, 2.45) is 0 Å². The molecular formula is C106H147O15P5. The molecule has 10 atom stereocenters. The van der Waals surface area contributed by atoms with Crippen molar-refractivity contribution in [3.8, 4) is 28.7 Å². The Morgan fingerprint density at radius 3 is 0.786 bits per heavy atom. The van der Waals surface area contributed by atoms with Crippen molar-refractivity contribution in [3.63, 3.8) is 0 Å². The van der Waals surface area contributed by atoms with Crippen LogP contribution in [0.4, 0.5) is 0 Å². The van der Waals surface area contributed by atoms with Crippen molar-refractivity contribution in [3.05, 3.63) is 263 Å². The van der Waals surface area contributed by atoms with Crippen molar-refractivity contribution < 1.29 is 72.9 Å². The van der Waals surface area contributed by atoms with Crippen molar-refractivity contribution >= 4 is 95.9 Å². The lowest BCUT2D eigenvalue weighted by Crippen LogP contribution is -2.24. The first kappa shape index (κ1) is 108. The maximum absolute atomic E-state index is 10.3. The Morgan fingerprint density at radius 1 is 0.238 bits per heavy atom. The second-order valence-electron chi connectivity index (χ2n) is 36.9. The van der Waals surface area contributed by atoms with E-state index < -0.39 is 30.5 Å². The van der Waals surface area contributed by atoms with Crippen LogP contribution < -0.4 is 76.7 Å². The molecule has 0 amide bonds. The van der Waals surface area contributed by atoms with E-state index in [1.54, 1.807) is 42.5 Å². The first-order valence-corrected chi connectivity index (χ1v) is 48.1. The molecule has 0 aliphatic rings. The summed E-state index contributed by atoms with van der Waals surface area (Å²) in [5, 5.41) is 62.3. The van der Waals surface area contributed by atoms with E-state index in [1.807, 2.05) is 53.7 Å². The number of hydrogen-bond acceptors (Lipinski definition) is 15. The first-order chi connectivity index (χ1) is 59.0. The molecule has 0 saturated carbocycles. The fraction of sp³-hybridized carbons (Fsp3) is 0.434. The van der Waals surface area contributed by atoms with Crippen LogP contribution in [0.2, 0.25) is 0 Å². The Kier molecular flexibility index (Phi) is 42.6. The average Bonchev–Trinajstić information content (AvgIpc) is 0.698. The molecule has 10 unspecified atom stereocenters. The lowest BCUT2D eigenvalue weighted by Gasteiger charge is -2.29. The van der Waals surface area contributed by atoms with Crippen LogP contribution in [0, 0.1) is 69.2 Å². The fourth-order valence-corrected chi connectivity index (χ4v) is 21.5. The lowest BCUT2D eigenvalue weighted by atomic mass is 9.80. The Bertz CT molecular complexity index is 5100. The van der Waals surface area contributed by atoms with E-state index in [0.717, 1.165) is 149 Å². The molecule has 0 spiro atoms. The number of ether oxygens (including phenoxy) is 10. The van der Waals surface area contributed by atoms with Gasteiger partial charge >= 0.3 is 0 Å². The van der Waals surface area contributed by atoms with Crippen molar-refractivity contribution in [1.29, 1.82) is 0 Å². The molecule has 686 valence electrons. The summed E-state index contributed by atoms with van der Waals surface area (Å²) in [6.07, 6.45) is -2.45. The van der Waals surface area contributed by atoms with Gasteiger partial charge in [-0.1, -0.05) is 281 Å². The topological polar surface area (TPSA) is 193 Å². The van der Waals surface area contributed by atoms with Crippen LogP contribution in [0.1, 0.15) is 254 Å². The highest BCUT2D eigenvalue weighted by molar-refractivity contribution is 7.57. The van der Waals surface area contributed by atoms with Gasteiger partial charge in [0.15, 0.2) is 34.0 Å². The fourth-order valence-electron chi connectivity index (χ4n) is 14.1. The quantitative estimate of drug-likeness (QED) is 0.0211. The van der Waals surface area contributed by atoms with Gasteiger partial charge in [-0.15, -0.1) is 0 Å². The molecule has 0 saturated heterocycles. The predicted octanol–water partition coefficient (Wildman–Crippen LogP) is 20.0. The van der Waals surface area contributed by atoms with Gasteiger partial charge in [-0.2, -0.15) is 0 Å². The molecule has 0 aromatic heterocycles. The standard InChI is InChI=1S/C25H37O3P.2C22H31O3P.C19H25O3P.C18H23O3P/c1-16-10-11-21(19(12-16)17(2)26)29-22-14-18(24(3,4)5)13-20(25(6,7)8)23(22)28-15-27-9;1-14-8-9-19(18(10-14)16(3)23)26-20-12-17(22(4,5)6)11-15(2)21(20)25-13-24-7;1-14-8-9-19(17(10-14)16(3)23)26-20-12-15(2)11-18(22(4,5)6)21(20)25-13-24-7;1-12-6-7-17(16(9-12)15(4)20)23-18-10-13(2)8-14(3)19(18)22-11-21-5;1-12-6-8-17(15(9-12)14(3)19)22-18-10-13(2)5-7-16(18)21-11-20-4/h10-14,17,26,29H,15H2,1-9H3;2*8-12,16,23,26H,13H2,1-7H3;6-10,15,20,23H,11H2,1-5H3;5-10,14,19,22H,11H2,1-4H3. The van der Waals surface area contributed by atoms with E-state index in [-0.39, 0.29) is 55.6 Å². The smallest absolute Gasteiger partial charge is 0.188 e. The SMILES string of the molecule is COCOc1c(C)cc(C(C)(C)C)cc1Pc1ccc(C)cc1C(C)O.COCOc1c(C)cc(C)cc1Pc1ccc(C)cc1C(C)O.COCOc1c(Pc2ccc(C)cc2C(C)O)cc(C(C)(C)C)cc1C(C)(C)C.COCOc1c(Pc2ccc(C)cc2C(C)O)cc(C)cc1C(C)(C)C.COCOc1ccc(C)cc1Pc1ccc(C)cc1C(C)O. The zero-order chi connectivity index (χ0) is 94.0. The lowest BCUT2D eigenvalue weighted by molar-refractivity contribution is 0.0504. The van der Waals surface area contributed by atoms with E-state index in [4.69, 9.17) is 47.4 Å². The summed E-state index contributed by atoms with van der Waals surface area (Å²) >= 11 is 0. The van der Waals surface area contributed by atoms with Gasteiger partial charge in [0.25, 0.3) is 0 Å². The van der Waals surface area contributed by atoms with Crippen LogP contribution in [0.5, 0.6) is 28.7 Å². The third kappa shape index (κ3) is 32.8. The molecule has 0 fully saturated rings. The monoisotopic (exact) mass is 1810 g/mol. The second kappa shape index (κ2) is 49.8. The number of hydrogen-bond donors (Lipinski definition) is 5. The third-order valence-electron chi connectivity index (χ3n) is 20.7. The molecule has 0 aliphatic heterocycles. The van der Waals surface area contributed by atoms with Crippen molar-refractivity contribution in [2.45, 2.75) is 239 Å². The second-order valence-corrected chi connectivity index (χ2v) is 43.6. The van der Waals surface area contributed by atoms with E-state index in [0.29, 0.717) is 42.9 Å². The Labute approximate surface area is 764 Å². The van der Waals surface area contributed by atoms with E-state index in [9.17, 15) is 25.5 Å². The number of rotatable bonds is 30. The van der Waals surface area contributed by atoms with E-state index >= 15 is 0 Å². The van der Waals surface area contributed by atoms with Gasteiger partial charge in [0.05, 0.1) is 30.5 Å². The Morgan fingerprint density at radius 2 is 0.476 bits per heavy atom. The normalized spacial score (nSPS) is 13.3. The highest BCUT2D eigenvalue weighted by Gasteiger charge is 2.29. The highest BCUT2D eigenvalue weighted by Crippen LogP contribution is 2.41. The van der Waals surface area contributed by atoms with Gasteiger partial charge in [0.2, 0.25) is 0 Å². The summed E-state index contributed by atoms with van der Waals surface area (Å²) in [4.78, 5) is 0. The average molecular weight is 1820 g/mol. The summed E-state index contributed by atoms with van der Waals surface area (Å²) in [6, 6.07) is 55.2. The first-order valence-electron chi connectivity index (χ1n) is 43.1. The van der Waals surface area contributed by atoms with Gasteiger partial charge in [0, 0.05) is 73.2 Å². The minimum absolute atomic E-state index is 0.0272. The molecule has 126 heavy (non-hydrogen) atoms. The van der Waals surface area contributed by atoms with Crippen LogP contribution in [-0.2, 0) is 45.3 Å². The number of methoxy groups -OCH3 is 5. The Balaban J connectivity index is 0.000000244. The van der Waals surface area contributed by atoms with E-state index in [2.05, 4.69) is 284 Å². The van der Waals surface area contributed by atoms with Crippen molar-refractivity contribution in [2.75, 3.05) is 69.5 Å². The van der Waals surface area contributed by atoms with Crippen LogP contribution in [-0.4, -0.2) is 95.0 Å². The summed E-state index contributed by atoms with van der Waals surface area (Å²) in [5.74, 6) is 4.41. The van der Waals surface area contributed by atoms with Crippen LogP contribution in [0.25, 0.3) is 0 Å². The molecule has 15 nitrogen and oxygen atoms in total. The van der Waals surface area contributed by atoms with Gasteiger partial charge in [-0.3, -0.25) is 0 Å². The molecular weight excluding hydrogens is 1670 g/mol. The Hall–Kier alpha value is -7.05. The van der Waals surface area contributed by atoms with Crippen LogP contribution in [0.15, 0.2) is 158 Å². The molecule has 0 heterocycles. The summed E-state index contributed by atoms with van der Waals surface area (Å²) < 4.78 is 55.1. The molecule has 10 aromatic rings. The largest absolute Gasteiger partial charge is 0.467 e. The van der Waals surface area contributed by atoms with Gasteiger partial charge in [-0.25, -0.2) is 0 Å². The summed E-state index contributed by atoms with van der Waals surface area (Å²) in [7, 11) is 10.2. The minimum atomic E-state index is -0.506. The number of aryl methyl sites for hydroxylation is 10. The maximum Gasteiger partial charge on any atom is 0.188 e. The molecule has 20 heteroatoms. The van der Waals surface area contributed by atoms with Gasteiger partial charge in [-0.05, 0) is 250 Å². The zero-order valence-corrected chi connectivity index (χ0v) is 86.3. The predicted molar refractivity (Wildman–Crippen MR) is 540 cm³/mol. The molecule has 10 aromatic carbocycles. The minimum Gasteiger partial charge on any atom is -0.467 e. The molecule has 0 radical (unpaired) electrons.